The lowest BCUT2D eigenvalue weighted by molar-refractivity contribution is -0.141. The van der Waals surface area contributed by atoms with E-state index in [0.29, 0.717) is 18.5 Å². The maximum Gasteiger partial charge on any atom is 0.433 e. The summed E-state index contributed by atoms with van der Waals surface area (Å²) in [6.45, 7) is 2.32. The largest absolute Gasteiger partial charge is 0.433 e. The van der Waals surface area contributed by atoms with Crippen LogP contribution in [0.15, 0.2) is 36.4 Å². The molecule has 0 aliphatic rings. The number of hydrogen-bond donors (Lipinski definition) is 2. The molecule has 0 radical (unpaired) electrons. The smallest absolute Gasteiger partial charge is 0.387 e. The number of nitrogens with one attached hydrogen (secondary N) is 1. The van der Waals surface area contributed by atoms with Crippen molar-refractivity contribution in [1.82, 2.24) is 10.3 Å². The third-order valence-corrected chi connectivity index (χ3v) is 4.45. The number of alkyl halides is 4. The van der Waals surface area contributed by atoms with Gasteiger partial charge in [0.2, 0.25) is 0 Å². The van der Waals surface area contributed by atoms with E-state index in [1.165, 1.54) is 6.07 Å². The van der Waals surface area contributed by atoms with E-state index in [1.807, 2.05) is 6.92 Å². The molecule has 1 atom stereocenters. The molecule has 0 spiro atoms. The van der Waals surface area contributed by atoms with Gasteiger partial charge >= 0.3 is 6.18 Å². The van der Waals surface area contributed by atoms with E-state index >= 15 is 0 Å². The Bertz CT molecular complexity index is 732. The van der Waals surface area contributed by atoms with E-state index in [4.69, 9.17) is 0 Å². The summed E-state index contributed by atoms with van der Waals surface area (Å²) < 4.78 is 51.8. The Morgan fingerprint density at radius 2 is 1.71 bits per heavy atom. The first kappa shape index (κ1) is 22.3. The van der Waals surface area contributed by atoms with Gasteiger partial charge in [0.15, 0.2) is 0 Å². The molecular formula is C21H26F4N2O. The van der Waals surface area contributed by atoms with Crippen molar-refractivity contribution >= 4 is 0 Å². The van der Waals surface area contributed by atoms with Gasteiger partial charge in [0.25, 0.3) is 0 Å². The molecule has 0 unspecified atom stereocenters. The predicted octanol–water partition coefficient (Wildman–Crippen LogP) is 5.23. The van der Waals surface area contributed by atoms with E-state index in [9.17, 15) is 22.7 Å². The average Bonchev–Trinajstić information content (AvgIpc) is 2.66. The van der Waals surface area contributed by atoms with Crippen LogP contribution in [0.3, 0.4) is 0 Å². The van der Waals surface area contributed by atoms with Crippen LogP contribution in [0.5, 0.6) is 0 Å². The van der Waals surface area contributed by atoms with Crippen LogP contribution in [0.1, 0.15) is 48.6 Å². The van der Waals surface area contributed by atoms with Crippen LogP contribution in [0.4, 0.5) is 17.6 Å². The van der Waals surface area contributed by atoms with E-state index in [2.05, 4.69) is 10.3 Å². The van der Waals surface area contributed by atoms with Gasteiger partial charge in [0.05, 0.1) is 18.5 Å². The van der Waals surface area contributed by atoms with Crippen molar-refractivity contribution in [2.75, 3.05) is 19.8 Å². The molecule has 0 amide bonds. The van der Waals surface area contributed by atoms with E-state index in [0.717, 1.165) is 30.9 Å². The minimum absolute atomic E-state index is 0.137. The number of aryl methyl sites for hydroxylation is 1. The zero-order valence-corrected chi connectivity index (χ0v) is 15.9. The summed E-state index contributed by atoms with van der Waals surface area (Å²) >= 11 is 0. The summed E-state index contributed by atoms with van der Waals surface area (Å²) in [5.74, 6) is 0. The zero-order valence-electron chi connectivity index (χ0n) is 15.9. The highest BCUT2D eigenvalue weighted by molar-refractivity contribution is 5.61. The number of aliphatic hydroxyl groups is 1. The molecule has 2 aromatic rings. The quantitative estimate of drug-likeness (QED) is 0.426. The highest BCUT2D eigenvalue weighted by atomic mass is 19.4. The van der Waals surface area contributed by atoms with Crippen LogP contribution in [0, 0.1) is 6.92 Å². The molecule has 1 aromatic heterocycles. The van der Waals surface area contributed by atoms with Crippen LogP contribution in [0.2, 0.25) is 0 Å². The van der Waals surface area contributed by atoms with Crippen molar-refractivity contribution in [2.45, 2.75) is 44.9 Å². The molecule has 154 valence electrons. The second kappa shape index (κ2) is 10.5. The Labute approximate surface area is 162 Å². The third-order valence-electron chi connectivity index (χ3n) is 4.45. The Hall–Kier alpha value is -1.99. The maximum absolute atomic E-state index is 13.3. The molecule has 0 aliphatic heterocycles. The summed E-state index contributed by atoms with van der Waals surface area (Å²) in [6, 6.07) is 9.42. The molecule has 1 aromatic carbocycles. The summed E-state index contributed by atoms with van der Waals surface area (Å²) in [5.41, 5.74) is 0.876. The van der Waals surface area contributed by atoms with Gasteiger partial charge in [0.1, 0.15) is 5.69 Å². The van der Waals surface area contributed by atoms with Crippen molar-refractivity contribution in [3.8, 4) is 11.3 Å². The van der Waals surface area contributed by atoms with Gasteiger partial charge < -0.3 is 10.4 Å². The number of aliphatic hydroxyl groups excluding tert-OH is 1. The van der Waals surface area contributed by atoms with Crippen molar-refractivity contribution in [1.29, 1.82) is 0 Å². The Morgan fingerprint density at radius 3 is 2.36 bits per heavy atom. The second-order valence-electron chi connectivity index (χ2n) is 6.86. The molecule has 0 bridgehead atoms. The van der Waals surface area contributed by atoms with Crippen molar-refractivity contribution in [3.05, 3.63) is 53.2 Å². The Kier molecular flexibility index (Phi) is 8.38. The van der Waals surface area contributed by atoms with Gasteiger partial charge in [-0.3, -0.25) is 4.39 Å². The van der Waals surface area contributed by atoms with E-state index < -0.39 is 18.0 Å². The van der Waals surface area contributed by atoms with Crippen LogP contribution >= 0.6 is 0 Å². The van der Waals surface area contributed by atoms with E-state index in [1.54, 1.807) is 24.3 Å². The van der Waals surface area contributed by atoms with Gasteiger partial charge in [-0.2, -0.15) is 13.2 Å². The summed E-state index contributed by atoms with van der Waals surface area (Å²) in [7, 11) is 0. The number of pyridine rings is 1. The van der Waals surface area contributed by atoms with Gasteiger partial charge in [-0.1, -0.05) is 42.7 Å². The molecule has 3 nitrogen and oxygen atoms in total. The highest BCUT2D eigenvalue weighted by Crippen LogP contribution is 2.32. The lowest BCUT2D eigenvalue weighted by Gasteiger charge is -2.16. The monoisotopic (exact) mass is 398 g/mol. The first-order valence-electron chi connectivity index (χ1n) is 9.42. The van der Waals surface area contributed by atoms with Crippen LogP contribution in [-0.2, 0) is 6.18 Å². The minimum atomic E-state index is -4.60. The average molecular weight is 398 g/mol. The number of hydrogen-bond acceptors (Lipinski definition) is 3. The van der Waals surface area contributed by atoms with Gasteiger partial charge in [0, 0.05) is 12.1 Å². The van der Waals surface area contributed by atoms with E-state index in [-0.39, 0.29) is 24.5 Å². The number of unbranched alkanes of at least 4 members (excludes halogenated alkanes) is 3. The molecule has 0 fully saturated rings. The molecular weight excluding hydrogens is 372 g/mol. The standard InChI is InChI=1S/C21H26F4N2O/c1-15-6-8-16(9-7-15)18-12-17(13-20(27-18)21(23,24)25)19(28)14-26-11-5-3-2-4-10-22/h6-9,12-13,19,26,28H,2-5,10-11,14H2,1H3/t19-/m0/s1. The molecule has 2 N–H and O–H groups in total. The van der Waals surface area contributed by atoms with Gasteiger partial charge in [-0.25, -0.2) is 4.98 Å². The predicted molar refractivity (Wildman–Crippen MR) is 102 cm³/mol. The lowest BCUT2D eigenvalue weighted by atomic mass is 10.0. The Morgan fingerprint density at radius 1 is 1.04 bits per heavy atom. The zero-order chi connectivity index (χ0) is 20.6. The first-order valence-corrected chi connectivity index (χ1v) is 9.42. The number of halogens is 4. The molecule has 2 rings (SSSR count). The van der Waals surface area contributed by atoms with Crippen LogP contribution in [0.25, 0.3) is 11.3 Å². The molecule has 0 saturated heterocycles. The fourth-order valence-electron chi connectivity index (χ4n) is 2.82. The second-order valence-corrected chi connectivity index (χ2v) is 6.86. The maximum atomic E-state index is 13.3. The first-order chi connectivity index (χ1) is 13.3. The normalized spacial score (nSPS) is 12.9. The molecule has 7 heteroatoms. The van der Waals surface area contributed by atoms with Crippen LogP contribution < -0.4 is 5.32 Å². The molecule has 28 heavy (non-hydrogen) atoms. The fourth-order valence-corrected chi connectivity index (χ4v) is 2.82. The van der Waals surface area contributed by atoms with Gasteiger partial charge in [-0.05, 0) is 44.0 Å². The number of rotatable bonds is 10. The fraction of sp³-hybridized carbons (Fsp3) is 0.476. The molecule has 1 heterocycles. The summed E-state index contributed by atoms with van der Waals surface area (Å²) in [4.78, 5) is 3.74. The lowest BCUT2D eigenvalue weighted by Crippen LogP contribution is -2.23. The third kappa shape index (κ3) is 6.87. The number of aromatic nitrogens is 1. The topological polar surface area (TPSA) is 45.1 Å². The SMILES string of the molecule is Cc1ccc(-c2cc([C@@H](O)CNCCCCCCF)cc(C(F)(F)F)n2)cc1. The highest BCUT2D eigenvalue weighted by Gasteiger charge is 2.33. The summed E-state index contributed by atoms with van der Waals surface area (Å²) in [6.07, 6.45) is -2.64. The van der Waals surface area contributed by atoms with Gasteiger partial charge in [-0.15, -0.1) is 0 Å². The number of benzene rings is 1. The molecule has 0 saturated carbocycles. The summed E-state index contributed by atoms with van der Waals surface area (Å²) in [5, 5.41) is 13.4. The number of nitrogens with zero attached hydrogens (tertiary/aromatic N) is 1. The molecule has 0 aliphatic carbocycles. The van der Waals surface area contributed by atoms with Crippen molar-refractivity contribution < 1.29 is 22.7 Å². The van der Waals surface area contributed by atoms with Crippen molar-refractivity contribution in [2.24, 2.45) is 0 Å². The Balaban J connectivity index is 2.09. The minimum Gasteiger partial charge on any atom is -0.387 e. The van der Waals surface area contributed by atoms with Crippen molar-refractivity contribution in [3.63, 3.8) is 0 Å². The van der Waals surface area contributed by atoms with Crippen LogP contribution in [-0.4, -0.2) is 29.9 Å².